The van der Waals surface area contributed by atoms with Crippen LogP contribution in [0, 0.1) is 0 Å². The lowest BCUT2D eigenvalue weighted by Gasteiger charge is -2.31. The van der Waals surface area contributed by atoms with E-state index in [9.17, 15) is 5.11 Å². The van der Waals surface area contributed by atoms with Gasteiger partial charge in [-0.1, -0.05) is 0 Å². The maximum atomic E-state index is 10.2. The third-order valence-corrected chi connectivity index (χ3v) is 5.41. The molecular weight excluding hydrogens is 312 g/mol. The van der Waals surface area contributed by atoms with E-state index in [1.54, 1.807) is 24.5 Å². The van der Waals surface area contributed by atoms with E-state index in [1.165, 1.54) is 0 Å². The van der Waals surface area contributed by atoms with Gasteiger partial charge in [-0.2, -0.15) is 0 Å². The summed E-state index contributed by atoms with van der Waals surface area (Å²) >= 11 is 1.66. The van der Waals surface area contributed by atoms with Crippen molar-refractivity contribution in [2.24, 2.45) is 5.73 Å². The Morgan fingerprint density at radius 3 is 3.04 bits per heavy atom. The van der Waals surface area contributed by atoms with Gasteiger partial charge in [0.2, 0.25) is 0 Å². The molecule has 4 heterocycles. The Balaban J connectivity index is 1.88. The standard InChI is InChI=1S/C16H20N4O2S/c1-9(21)16-19-13-7-18-12-4-5-23-15(12)14(13)20(16)10-2-3-11(6-17)22-8-10/h4-5,7,9-11,21H,2-3,6,8,17H2,1H3/t9-,10+,11-/m1/s1. The number of nitrogens with two attached hydrogens (primary N) is 1. The monoisotopic (exact) mass is 332 g/mol. The molecule has 4 rings (SSSR count). The van der Waals surface area contributed by atoms with E-state index in [1.807, 2.05) is 11.4 Å². The Morgan fingerprint density at radius 1 is 1.48 bits per heavy atom. The number of hydrogen-bond donors (Lipinski definition) is 2. The van der Waals surface area contributed by atoms with Crippen LogP contribution in [0.3, 0.4) is 0 Å². The first-order valence-electron chi connectivity index (χ1n) is 7.92. The molecule has 0 aromatic carbocycles. The number of nitrogens with zero attached hydrogens (tertiary/aromatic N) is 3. The fraction of sp³-hybridized carbons (Fsp3) is 0.500. The molecule has 122 valence electrons. The predicted octanol–water partition coefficient (Wildman–Crippen LogP) is 2.38. The number of hydrogen-bond acceptors (Lipinski definition) is 6. The van der Waals surface area contributed by atoms with Gasteiger partial charge in [-0.15, -0.1) is 11.3 Å². The van der Waals surface area contributed by atoms with Gasteiger partial charge in [-0.05, 0) is 31.2 Å². The van der Waals surface area contributed by atoms with Gasteiger partial charge in [0.25, 0.3) is 0 Å². The zero-order valence-electron chi connectivity index (χ0n) is 13.0. The molecule has 1 aliphatic heterocycles. The molecule has 0 saturated carbocycles. The van der Waals surface area contributed by atoms with Crippen molar-refractivity contribution in [1.29, 1.82) is 0 Å². The normalized spacial score (nSPS) is 23.6. The van der Waals surface area contributed by atoms with Gasteiger partial charge in [0.05, 0.1) is 40.7 Å². The smallest absolute Gasteiger partial charge is 0.139 e. The number of aliphatic hydroxyl groups excluding tert-OH is 1. The van der Waals surface area contributed by atoms with E-state index in [-0.39, 0.29) is 12.1 Å². The zero-order chi connectivity index (χ0) is 16.0. The molecule has 0 radical (unpaired) electrons. The van der Waals surface area contributed by atoms with Crippen LogP contribution in [0.15, 0.2) is 17.6 Å². The Hall–Kier alpha value is -1.54. The average Bonchev–Trinajstić information content (AvgIpc) is 3.18. The van der Waals surface area contributed by atoms with E-state index < -0.39 is 6.10 Å². The van der Waals surface area contributed by atoms with E-state index in [2.05, 4.69) is 14.5 Å². The first kappa shape index (κ1) is 15.0. The minimum Gasteiger partial charge on any atom is -0.385 e. The van der Waals surface area contributed by atoms with Crippen LogP contribution in [-0.4, -0.2) is 38.9 Å². The van der Waals surface area contributed by atoms with Crippen molar-refractivity contribution in [2.45, 2.75) is 38.0 Å². The first-order valence-corrected chi connectivity index (χ1v) is 8.80. The summed E-state index contributed by atoms with van der Waals surface area (Å²) in [6.07, 6.45) is 3.20. The molecule has 3 aromatic rings. The lowest BCUT2D eigenvalue weighted by atomic mass is 10.0. The van der Waals surface area contributed by atoms with E-state index in [0.717, 1.165) is 34.1 Å². The number of pyridine rings is 1. The highest BCUT2D eigenvalue weighted by atomic mass is 32.1. The largest absolute Gasteiger partial charge is 0.385 e. The molecule has 3 aromatic heterocycles. The second-order valence-electron chi connectivity index (χ2n) is 6.07. The van der Waals surface area contributed by atoms with Gasteiger partial charge < -0.3 is 20.1 Å². The number of aromatic nitrogens is 3. The topological polar surface area (TPSA) is 86.2 Å². The summed E-state index contributed by atoms with van der Waals surface area (Å²) in [5.41, 5.74) is 8.56. The van der Waals surface area contributed by atoms with Gasteiger partial charge in [-0.25, -0.2) is 4.98 Å². The number of ether oxygens (including phenoxy) is 1. The van der Waals surface area contributed by atoms with Gasteiger partial charge in [-0.3, -0.25) is 4.98 Å². The molecule has 3 N–H and O–H groups in total. The average molecular weight is 332 g/mol. The van der Waals surface area contributed by atoms with Crippen molar-refractivity contribution in [2.75, 3.05) is 13.2 Å². The molecule has 0 amide bonds. The van der Waals surface area contributed by atoms with Crippen molar-refractivity contribution in [3.05, 3.63) is 23.5 Å². The Labute approximate surface area is 137 Å². The number of fused-ring (bicyclic) bond motifs is 3. The summed E-state index contributed by atoms with van der Waals surface area (Å²) < 4.78 is 9.15. The van der Waals surface area contributed by atoms with Crippen LogP contribution in [0.2, 0.25) is 0 Å². The fourth-order valence-electron chi connectivity index (χ4n) is 3.34. The molecule has 6 nitrogen and oxygen atoms in total. The molecular formula is C16H20N4O2S. The molecule has 0 unspecified atom stereocenters. The van der Waals surface area contributed by atoms with Gasteiger partial charge in [0.1, 0.15) is 17.4 Å². The second kappa shape index (κ2) is 5.83. The van der Waals surface area contributed by atoms with Crippen LogP contribution >= 0.6 is 11.3 Å². The minimum absolute atomic E-state index is 0.138. The highest BCUT2D eigenvalue weighted by molar-refractivity contribution is 7.18. The molecule has 1 aliphatic rings. The molecule has 0 bridgehead atoms. The van der Waals surface area contributed by atoms with Crippen LogP contribution < -0.4 is 5.73 Å². The predicted molar refractivity (Wildman–Crippen MR) is 90.6 cm³/mol. The Kier molecular flexibility index (Phi) is 3.81. The van der Waals surface area contributed by atoms with Crippen LogP contribution in [0.5, 0.6) is 0 Å². The SMILES string of the molecule is C[C@@H](O)c1nc2cnc3ccsc3c2n1[C@H]1CC[C@H](CN)OC1. The highest BCUT2D eigenvalue weighted by Crippen LogP contribution is 2.35. The molecule has 23 heavy (non-hydrogen) atoms. The molecule has 1 fully saturated rings. The van der Waals surface area contributed by atoms with Crippen molar-refractivity contribution in [3.63, 3.8) is 0 Å². The maximum Gasteiger partial charge on any atom is 0.139 e. The lowest BCUT2D eigenvalue weighted by Crippen LogP contribution is -2.33. The summed E-state index contributed by atoms with van der Waals surface area (Å²) in [7, 11) is 0. The van der Waals surface area contributed by atoms with Gasteiger partial charge >= 0.3 is 0 Å². The molecule has 3 atom stereocenters. The molecule has 0 spiro atoms. The van der Waals surface area contributed by atoms with Crippen molar-refractivity contribution in [3.8, 4) is 0 Å². The summed E-state index contributed by atoms with van der Waals surface area (Å²) in [6, 6.07) is 2.18. The third kappa shape index (κ3) is 2.44. The van der Waals surface area contributed by atoms with Crippen LogP contribution in [0.25, 0.3) is 21.3 Å². The second-order valence-corrected chi connectivity index (χ2v) is 6.98. The molecule has 1 saturated heterocycles. The highest BCUT2D eigenvalue weighted by Gasteiger charge is 2.28. The van der Waals surface area contributed by atoms with Crippen LogP contribution in [0.4, 0.5) is 0 Å². The van der Waals surface area contributed by atoms with Crippen LogP contribution in [0.1, 0.15) is 37.7 Å². The Bertz CT molecular complexity index is 833. The summed E-state index contributed by atoms with van der Waals surface area (Å²) in [6.45, 7) is 2.91. The van der Waals surface area contributed by atoms with E-state index >= 15 is 0 Å². The zero-order valence-corrected chi connectivity index (χ0v) is 13.8. The van der Waals surface area contributed by atoms with Gasteiger partial charge in [0, 0.05) is 6.54 Å². The lowest BCUT2D eigenvalue weighted by molar-refractivity contribution is -0.00704. The molecule has 0 aliphatic carbocycles. The summed E-state index contributed by atoms with van der Waals surface area (Å²) in [5.74, 6) is 0.683. The number of thiophene rings is 1. The summed E-state index contributed by atoms with van der Waals surface area (Å²) in [4.78, 5) is 9.09. The first-order chi connectivity index (χ1) is 11.2. The van der Waals surface area contributed by atoms with E-state index in [0.29, 0.717) is 19.0 Å². The van der Waals surface area contributed by atoms with Crippen molar-refractivity contribution >= 4 is 32.6 Å². The Morgan fingerprint density at radius 2 is 2.35 bits per heavy atom. The maximum absolute atomic E-state index is 10.2. The number of imidazole rings is 1. The molecule has 7 heteroatoms. The van der Waals surface area contributed by atoms with E-state index in [4.69, 9.17) is 10.5 Å². The fourth-order valence-corrected chi connectivity index (χ4v) is 4.23. The third-order valence-electron chi connectivity index (χ3n) is 4.50. The minimum atomic E-state index is -0.635. The van der Waals surface area contributed by atoms with Crippen molar-refractivity contribution < 1.29 is 9.84 Å². The van der Waals surface area contributed by atoms with Crippen molar-refractivity contribution in [1.82, 2.24) is 14.5 Å². The quantitative estimate of drug-likeness (QED) is 0.769. The van der Waals surface area contributed by atoms with Crippen LogP contribution in [-0.2, 0) is 4.74 Å². The summed E-state index contributed by atoms with van der Waals surface area (Å²) in [5, 5.41) is 12.2. The number of aliphatic hydroxyl groups is 1. The van der Waals surface area contributed by atoms with Gasteiger partial charge in [0.15, 0.2) is 0 Å². The number of rotatable bonds is 3.